The van der Waals surface area contributed by atoms with Crippen LogP contribution in [0.3, 0.4) is 0 Å². The number of pyridine rings is 1. The van der Waals surface area contributed by atoms with Gasteiger partial charge in [0.2, 0.25) is 0 Å². The Labute approximate surface area is 119 Å². The molecule has 2 aromatic heterocycles. The van der Waals surface area contributed by atoms with Crippen molar-refractivity contribution in [2.75, 3.05) is 0 Å². The van der Waals surface area contributed by atoms with Crippen LogP contribution < -0.4 is 5.32 Å². The van der Waals surface area contributed by atoms with Crippen LogP contribution in [0, 0.1) is 12.8 Å². The Balaban J connectivity index is 2.04. The molecule has 102 valence electrons. The zero-order valence-electron chi connectivity index (χ0n) is 11.8. The highest BCUT2D eigenvalue weighted by atomic mass is 32.1. The molecule has 0 aliphatic carbocycles. The van der Waals surface area contributed by atoms with Crippen molar-refractivity contribution >= 4 is 11.3 Å². The minimum absolute atomic E-state index is 0.308. The van der Waals surface area contributed by atoms with Gasteiger partial charge < -0.3 is 5.32 Å². The zero-order valence-corrected chi connectivity index (χ0v) is 12.6. The molecule has 19 heavy (non-hydrogen) atoms. The molecule has 0 aliphatic heterocycles. The number of nitrogens with one attached hydrogen (secondary N) is 1. The third-order valence-corrected chi connectivity index (χ3v) is 4.04. The van der Waals surface area contributed by atoms with Crippen LogP contribution in [0.5, 0.6) is 0 Å². The standard InChI is InChI=1S/C15H21N3S/c1-11(2)8-14(13-6-4-5-7-16-13)17-9-15-12(3)18-10-19-15/h4-7,10-11,14,17H,8-9H2,1-3H3. The van der Waals surface area contributed by atoms with Crippen LogP contribution in [0.4, 0.5) is 0 Å². The van der Waals surface area contributed by atoms with Gasteiger partial charge in [-0.3, -0.25) is 4.98 Å². The van der Waals surface area contributed by atoms with Crippen molar-refractivity contribution < 1.29 is 0 Å². The first-order valence-corrected chi connectivity index (χ1v) is 7.58. The lowest BCUT2D eigenvalue weighted by atomic mass is 10.0. The summed E-state index contributed by atoms with van der Waals surface area (Å²) in [5.41, 5.74) is 4.16. The van der Waals surface area contributed by atoms with E-state index in [0.29, 0.717) is 12.0 Å². The summed E-state index contributed by atoms with van der Waals surface area (Å²) >= 11 is 1.71. The number of hydrogen-bond acceptors (Lipinski definition) is 4. The zero-order chi connectivity index (χ0) is 13.7. The maximum atomic E-state index is 4.48. The number of rotatable bonds is 6. The van der Waals surface area contributed by atoms with E-state index >= 15 is 0 Å². The van der Waals surface area contributed by atoms with Gasteiger partial charge in [0.1, 0.15) is 0 Å². The molecule has 3 nitrogen and oxygen atoms in total. The van der Waals surface area contributed by atoms with Gasteiger partial charge >= 0.3 is 0 Å². The molecule has 2 rings (SSSR count). The van der Waals surface area contributed by atoms with Gasteiger partial charge in [-0.05, 0) is 31.4 Å². The Morgan fingerprint density at radius 2 is 2.11 bits per heavy atom. The molecule has 0 spiro atoms. The third kappa shape index (κ3) is 4.11. The Morgan fingerprint density at radius 3 is 2.68 bits per heavy atom. The molecule has 4 heteroatoms. The van der Waals surface area contributed by atoms with E-state index < -0.39 is 0 Å². The third-order valence-electron chi connectivity index (χ3n) is 3.11. The fraction of sp³-hybridized carbons (Fsp3) is 0.467. The molecule has 2 heterocycles. The van der Waals surface area contributed by atoms with E-state index in [1.165, 1.54) is 4.88 Å². The van der Waals surface area contributed by atoms with Crippen molar-refractivity contribution in [1.29, 1.82) is 0 Å². The van der Waals surface area contributed by atoms with Gasteiger partial charge in [0.05, 0.1) is 16.9 Å². The summed E-state index contributed by atoms with van der Waals surface area (Å²) in [5.74, 6) is 0.641. The first kappa shape index (κ1) is 14.2. The summed E-state index contributed by atoms with van der Waals surface area (Å²) in [5, 5.41) is 3.62. The van der Waals surface area contributed by atoms with Gasteiger partial charge in [0.15, 0.2) is 0 Å². The van der Waals surface area contributed by atoms with Gasteiger partial charge in [-0.2, -0.15) is 0 Å². The summed E-state index contributed by atoms with van der Waals surface area (Å²) in [6.45, 7) is 7.42. The van der Waals surface area contributed by atoms with Gasteiger partial charge in [0.25, 0.3) is 0 Å². The molecule has 1 N–H and O–H groups in total. The van der Waals surface area contributed by atoms with E-state index in [9.17, 15) is 0 Å². The summed E-state index contributed by atoms with van der Waals surface area (Å²) in [6.07, 6.45) is 2.96. The second-order valence-electron chi connectivity index (χ2n) is 5.18. The second-order valence-corrected chi connectivity index (χ2v) is 6.12. The smallest absolute Gasteiger partial charge is 0.0798 e. The predicted octanol–water partition coefficient (Wildman–Crippen LogP) is 3.72. The topological polar surface area (TPSA) is 37.8 Å². The van der Waals surface area contributed by atoms with Gasteiger partial charge in [-0.25, -0.2) is 4.98 Å². The van der Waals surface area contributed by atoms with Crippen molar-refractivity contribution in [1.82, 2.24) is 15.3 Å². The number of hydrogen-bond donors (Lipinski definition) is 1. The lowest BCUT2D eigenvalue weighted by Crippen LogP contribution is -2.23. The fourth-order valence-electron chi connectivity index (χ4n) is 2.07. The quantitative estimate of drug-likeness (QED) is 0.873. The predicted molar refractivity (Wildman–Crippen MR) is 80.1 cm³/mol. The van der Waals surface area contributed by atoms with Crippen molar-refractivity contribution in [2.24, 2.45) is 5.92 Å². The average molecular weight is 275 g/mol. The summed E-state index contributed by atoms with van der Waals surface area (Å²) in [4.78, 5) is 10.1. The molecule has 2 aromatic rings. The highest BCUT2D eigenvalue weighted by molar-refractivity contribution is 7.09. The molecule has 0 aliphatic rings. The van der Waals surface area contributed by atoms with Crippen LogP contribution in [0.2, 0.25) is 0 Å². The summed E-state index contributed by atoms with van der Waals surface area (Å²) in [6, 6.07) is 6.42. The molecule has 0 aromatic carbocycles. The van der Waals surface area contributed by atoms with E-state index in [2.05, 4.69) is 48.2 Å². The maximum absolute atomic E-state index is 4.48. The van der Waals surface area contributed by atoms with Crippen molar-refractivity contribution in [3.05, 3.63) is 46.2 Å². The lowest BCUT2D eigenvalue weighted by molar-refractivity contribution is 0.422. The first-order valence-electron chi connectivity index (χ1n) is 6.70. The molecule has 0 radical (unpaired) electrons. The summed E-state index contributed by atoms with van der Waals surface area (Å²) < 4.78 is 0. The molecule has 0 saturated heterocycles. The van der Waals surface area contributed by atoms with Crippen LogP contribution in [-0.2, 0) is 6.54 Å². The Morgan fingerprint density at radius 1 is 1.26 bits per heavy atom. The first-order chi connectivity index (χ1) is 9.16. The van der Waals surface area contributed by atoms with E-state index in [0.717, 1.165) is 24.4 Å². The van der Waals surface area contributed by atoms with E-state index in [4.69, 9.17) is 0 Å². The van der Waals surface area contributed by atoms with Crippen LogP contribution in [0.25, 0.3) is 0 Å². The molecule has 0 saturated carbocycles. The highest BCUT2D eigenvalue weighted by Crippen LogP contribution is 2.21. The van der Waals surface area contributed by atoms with E-state index in [1.807, 2.05) is 17.8 Å². The van der Waals surface area contributed by atoms with E-state index in [-0.39, 0.29) is 0 Å². The van der Waals surface area contributed by atoms with Crippen molar-refractivity contribution in [3.63, 3.8) is 0 Å². The largest absolute Gasteiger partial charge is 0.304 e. The molecular formula is C15H21N3S. The minimum Gasteiger partial charge on any atom is -0.304 e. The molecule has 0 amide bonds. The SMILES string of the molecule is Cc1ncsc1CNC(CC(C)C)c1ccccn1. The molecule has 0 bridgehead atoms. The van der Waals surface area contributed by atoms with Gasteiger partial charge in [-0.1, -0.05) is 19.9 Å². The van der Waals surface area contributed by atoms with Crippen LogP contribution in [0.1, 0.15) is 42.6 Å². The molecule has 1 atom stereocenters. The number of thiazole rings is 1. The Bertz CT molecular complexity index is 493. The molecular weight excluding hydrogens is 254 g/mol. The Hall–Kier alpha value is -1.26. The Kier molecular flexibility index (Phi) is 5.05. The van der Waals surface area contributed by atoms with Crippen LogP contribution >= 0.6 is 11.3 Å². The number of aromatic nitrogens is 2. The van der Waals surface area contributed by atoms with Crippen LogP contribution in [-0.4, -0.2) is 9.97 Å². The summed E-state index contributed by atoms with van der Waals surface area (Å²) in [7, 11) is 0. The van der Waals surface area contributed by atoms with Crippen molar-refractivity contribution in [3.8, 4) is 0 Å². The minimum atomic E-state index is 0.308. The maximum Gasteiger partial charge on any atom is 0.0798 e. The number of aryl methyl sites for hydroxylation is 1. The van der Waals surface area contributed by atoms with Gasteiger partial charge in [0, 0.05) is 23.7 Å². The molecule has 1 unspecified atom stereocenters. The number of nitrogens with zero attached hydrogens (tertiary/aromatic N) is 2. The second kappa shape index (κ2) is 6.78. The van der Waals surface area contributed by atoms with Crippen LogP contribution in [0.15, 0.2) is 29.9 Å². The molecule has 0 fully saturated rings. The van der Waals surface area contributed by atoms with Crippen molar-refractivity contribution in [2.45, 2.75) is 39.8 Å². The monoisotopic (exact) mass is 275 g/mol. The van der Waals surface area contributed by atoms with E-state index in [1.54, 1.807) is 11.3 Å². The highest BCUT2D eigenvalue weighted by Gasteiger charge is 2.14. The normalized spacial score (nSPS) is 12.8. The van der Waals surface area contributed by atoms with Gasteiger partial charge in [-0.15, -0.1) is 11.3 Å². The fourth-order valence-corrected chi connectivity index (χ4v) is 2.80. The average Bonchev–Trinajstić information content (AvgIpc) is 2.81. The lowest BCUT2D eigenvalue weighted by Gasteiger charge is -2.20.